The van der Waals surface area contributed by atoms with Gasteiger partial charge in [0.25, 0.3) is 0 Å². The molecule has 1 N–H and O–H groups in total. The number of nitrogens with zero attached hydrogens (tertiary/aromatic N) is 1. The summed E-state index contributed by atoms with van der Waals surface area (Å²) in [5.74, 6) is 0.972. The minimum Gasteiger partial charge on any atom is -0.497 e. The molecule has 1 amide bonds. The van der Waals surface area contributed by atoms with E-state index in [4.69, 9.17) is 4.74 Å². The summed E-state index contributed by atoms with van der Waals surface area (Å²) in [4.78, 5) is 14.4. The highest BCUT2D eigenvalue weighted by Crippen LogP contribution is 2.30. The second-order valence-corrected chi connectivity index (χ2v) is 5.40. The lowest BCUT2D eigenvalue weighted by molar-refractivity contribution is -0.128. The minimum absolute atomic E-state index is 0.171. The number of piperidine rings is 1. The third kappa shape index (κ3) is 2.89. The number of carbonyl (C=O) groups is 1. The molecule has 104 valence electrons. The third-order valence-electron chi connectivity index (χ3n) is 3.88. The van der Waals surface area contributed by atoms with Crippen LogP contribution in [0.4, 0.5) is 5.69 Å². The van der Waals surface area contributed by atoms with E-state index >= 15 is 0 Å². The van der Waals surface area contributed by atoms with Crippen LogP contribution in [0, 0.1) is 5.41 Å². The SMILES string of the molecule is COc1ccc(N(C)C(=O)C2(C)CCCNC2)cc1. The smallest absolute Gasteiger partial charge is 0.233 e. The Balaban J connectivity index is 2.13. The molecular weight excluding hydrogens is 240 g/mol. The summed E-state index contributed by atoms with van der Waals surface area (Å²) in [5, 5.41) is 3.31. The number of hydrogen-bond donors (Lipinski definition) is 1. The van der Waals surface area contributed by atoms with Crippen molar-refractivity contribution in [1.29, 1.82) is 0 Å². The van der Waals surface area contributed by atoms with Gasteiger partial charge in [0.05, 0.1) is 12.5 Å². The van der Waals surface area contributed by atoms with Gasteiger partial charge in [0, 0.05) is 19.3 Å². The molecule has 1 atom stereocenters. The van der Waals surface area contributed by atoms with Crippen molar-refractivity contribution in [1.82, 2.24) is 5.32 Å². The Labute approximate surface area is 114 Å². The molecule has 2 rings (SSSR count). The molecule has 1 unspecified atom stereocenters. The lowest BCUT2D eigenvalue weighted by Gasteiger charge is -2.36. The van der Waals surface area contributed by atoms with E-state index in [0.717, 1.165) is 37.4 Å². The molecule has 19 heavy (non-hydrogen) atoms. The molecule has 0 spiro atoms. The second kappa shape index (κ2) is 5.61. The van der Waals surface area contributed by atoms with Crippen LogP contribution in [0.15, 0.2) is 24.3 Å². The fourth-order valence-electron chi connectivity index (χ4n) is 2.57. The van der Waals surface area contributed by atoms with Crippen molar-refractivity contribution in [3.63, 3.8) is 0 Å². The Bertz CT molecular complexity index is 436. The summed E-state index contributed by atoms with van der Waals surface area (Å²) in [5.41, 5.74) is 0.602. The van der Waals surface area contributed by atoms with Gasteiger partial charge in [-0.15, -0.1) is 0 Å². The van der Waals surface area contributed by atoms with Gasteiger partial charge in [0.15, 0.2) is 0 Å². The van der Waals surface area contributed by atoms with Gasteiger partial charge in [0.2, 0.25) is 5.91 Å². The van der Waals surface area contributed by atoms with Crippen molar-refractivity contribution in [3.05, 3.63) is 24.3 Å². The van der Waals surface area contributed by atoms with Crippen molar-refractivity contribution in [3.8, 4) is 5.75 Å². The Kier molecular flexibility index (Phi) is 4.10. The summed E-state index contributed by atoms with van der Waals surface area (Å²) >= 11 is 0. The van der Waals surface area contributed by atoms with Crippen LogP contribution in [-0.4, -0.2) is 33.2 Å². The molecule has 1 aliphatic heterocycles. The number of amides is 1. The van der Waals surface area contributed by atoms with Crippen molar-refractivity contribution in [2.45, 2.75) is 19.8 Å². The van der Waals surface area contributed by atoms with Crippen LogP contribution >= 0.6 is 0 Å². The molecule has 1 aromatic rings. The zero-order valence-electron chi connectivity index (χ0n) is 11.9. The third-order valence-corrected chi connectivity index (χ3v) is 3.88. The van der Waals surface area contributed by atoms with E-state index in [1.54, 1.807) is 12.0 Å². The molecule has 0 saturated carbocycles. The number of methoxy groups -OCH3 is 1. The predicted molar refractivity (Wildman–Crippen MR) is 76.6 cm³/mol. The molecule has 0 aliphatic carbocycles. The maximum atomic E-state index is 12.6. The molecule has 1 saturated heterocycles. The van der Waals surface area contributed by atoms with Crippen LogP contribution < -0.4 is 15.0 Å². The summed E-state index contributed by atoms with van der Waals surface area (Å²) in [6.07, 6.45) is 2.00. The molecule has 1 aliphatic rings. The number of anilines is 1. The van der Waals surface area contributed by atoms with Crippen LogP contribution in [0.3, 0.4) is 0 Å². The van der Waals surface area contributed by atoms with Crippen LogP contribution in [0.2, 0.25) is 0 Å². The maximum Gasteiger partial charge on any atom is 0.233 e. The predicted octanol–water partition coefficient (Wildman–Crippen LogP) is 2.05. The Morgan fingerprint density at radius 2 is 2.05 bits per heavy atom. The van der Waals surface area contributed by atoms with E-state index in [-0.39, 0.29) is 11.3 Å². The number of benzene rings is 1. The van der Waals surface area contributed by atoms with E-state index in [1.807, 2.05) is 38.2 Å². The van der Waals surface area contributed by atoms with Gasteiger partial charge in [-0.05, 0) is 50.6 Å². The Hall–Kier alpha value is -1.55. The van der Waals surface area contributed by atoms with Gasteiger partial charge in [0.1, 0.15) is 5.75 Å². The first-order valence-corrected chi connectivity index (χ1v) is 6.70. The molecule has 0 bridgehead atoms. The Morgan fingerprint density at radius 1 is 1.37 bits per heavy atom. The number of hydrogen-bond acceptors (Lipinski definition) is 3. The normalized spacial score (nSPS) is 22.9. The van der Waals surface area contributed by atoms with Gasteiger partial charge in [-0.3, -0.25) is 4.79 Å². The van der Waals surface area contributed by atoms with Gasteiger partial charge < -0.3 is 15.0 Å². The number of rotatable bonds is 3. The lowest BCUT2D eigenvalue weighted by Crippen LogP contribution is -2.49. The monoisotopic (exact) mass is 262 g/mol. The average molecular weight is 262 g/mol. The fraction of sp³-hybridized carbons (Fsp3) is 0.533. The van der Waals surface area contributed by atoms with Crippen molar-refractivity contribution >= 4 is 11.6 Å². The maximum absolute atomic E-state index is 12.6. The van der Waals surface area contributed by atoms with Gasteiger partial charge in [-0.2, -0.15) is 0 Å². The zero-order valence-corrected chi connectivity index (χ0v) is 11.9. The number of ether oxygens (including phenoxy) is 1. The average Bonchev–Trinajstić information content (AvgIpc) is 2.46. The molecule has 4 heteroatoms. The van der Waals surface area contributed by atoms with E-state index in [1.165, 1.54) is 0 Å². The van der Waals surface area contributed by atoms with Gasteiger partial charge >= 0.3 is 0 Å². The van der Waals surface area contributed by atoms with E-state index in [0.29, 0.717) is 0 Å². The van der Waals surface area contributed by atoms with Gasteiger partial charge in [-0.1, -0.05) is 0 Å². The number of nitrogens with one attached hydrogen (secondary N) is 1. The second-order valence-electron chi connectivity index (χ2n) is 5.40. The summed E-state index contributed by atoms with van der Waals surface area (Å²) in [7, 11) is 3.47. The standard InChI is InChI=1S/C15H22N2O2/c1-15(9-4-10-16-11-15)14(18)17(2)12-5-7-13(19-3)8-6-12/h5-8,16H,4,9-11H2,1-3H3. The minimum atomic E-state index is -0.299. The molecule has 0 radical (unpaired) electrons. The fourth-order valence-corrected chi connectivity index (χ4v) is 2.57. The highest BCUT2D eigenvalue weighted by atomic mass is 16.5. The number of carbonyl (C=O) groups excluding carboxylic acids is 1. The molecule has 0 aromatic heterocycles. The first-order chi connectivity index (χ1) is 9.07. The van der Waals surface area contributed by atoms with Crippen molar-refractivity contribution in [2.75, 3.05) is 32.1 Å². The highest BCUT2D eigenvalue weighted by molar-refractivity contribution is 5.97. The molecular formula is C15H22N2O2. The van der Waals surface area contributed by atoms with Crippen LogP contribution in [0.1, 0.15) is 19.8 Å². The van der Waals surface area contributed by atoms with Crippen LogP contribution in [0.25, 0.3) is 0 Å². The first-order valence-electron chi connectivity index (χ1n) is 6.70. The van der Waals surface area contributed by atoms with Crippen molar-refractivity contribution in [2.24, 2.45) is 5.41 Å². The van der Waals surface area contributed by atoms with Crippen LogP contribution in [-0.2, 0) is 4.79 Å². The largest absolute Gasteiger partial charge is 0.497 e. The molecule has 4 nitrogen and oxygen atoms in total. The summed E-state index contributed by atoms with van der Waals surface area (Å²) in [6.45, 7) is 3.81. The van der Waals surface area contributed by atoms with Gasteiger partial charge in [-0.25, -0.2) is 0 Å². The van der Waals surface area contributed by atoms with Crippen molar-refractivity contribution < 1.29 is 9.53 Å². The first kappa shape index (κ1) is 13.9. The lowest BCUT2D eigenvalue weighted by atomic mass is 9.81. The van der Waals surface area contributed by atoms with E-state index in [9.17, 15) is 4.79 Å². The quantitative estimate of drug-likeness (QED) is 0.906. The van der Waals surface area contributed by atoms with E-state index in [2.05, 4.69) is 5.32 Å². The topological polar surface area (TPSA) is 41.6 Å². The zero-order chi connectivity index (χ0) is 13.9. The Morgan fingerprint density at radius 3 is 2.58 bits per heavy atom. The summed E-state index contributed by atoms with van der Waals surface area (Å²) in [6, 6.07) is 7.58. The highest BCUT2D eigenvalue weighted by Gasteiger charge is 2.36. The molecule has 1 aromatic carbocycles. The summed E-state index contributed by atoms with van der Waals surface area (Å²) < 4.78 is 5.13. The van der Waals surface area contributed by atoms with Crippen LogP contribution in [0.5, 0.6) is 5.75 Å². The molecule has 1 heterocycles. The molecule has 1 fully saturated rings. The van der Waals surface area contributed by atoms with E-state index < -0.39 is 0 Å².